The smallest absolute Gasteiger partial charge is 0.0417 e. The van der Waals surface area contributed by atoms with Gasteiger partial charge in [-0.05, 0) is 11.8 Å². The van der Waals surface area contributed by atoms with Crippen LogP contribution in [-0.2, 0) is 0 Å². The Morgan fingerprint density at radius 3 is 1.08 bits per heavy atom. The average molecular weight is 172 g/mol. The Bertz CT molecular complexity index is 56.4. The zero-order valence-electron chi connectivity index (χ0n) is 9.98. The molecule has 0 radical (unpaired) electrons. The molecule has 1 aliphatic rings. The van der Waals surface area contributed by atoms with E-state index < -0.39 is 0 Å². The Balaban J connectivity index is 0. The van der Waals surface area contributed by atoms with E-state index in [-0.39, 0.29) is 0 Å². The Hall–Kier alpha value is 0. The van der Waals surface area contributed by atoms with E-state index in [0.29, 0.717) is 0 Å². The van der Waals surface area contributed by atoms with Crippen molar-refractivity contribution in [2.75, 3.05) is 0 Å². The van der Waals surface area contributed by atoms with Gasteiger partial charge in [0.15, 0.2) is 0 Å². The van der Waals surface area contributed by atoms with Crippen LogP contribution in [0.1, 0.15) is 67.2 Å². The third-order valence-electron chi connectivity index (χ3n) is 2.54. The fourth-order valence-corrected chi connectivity index (χ4v) is 1.50. The van der Waals surface area contributed by atoms with Crippen molar-refractivity contribution in [3.8, 4) is 0 Å². The van der Waals surface area contributed by atoms with Gasteiger partial charge in [0.25, 0.3) is 0 Å². The van der Waals surface area contributed by atoms with Crippen LogP contribution in [0.25, 0.3) is 0 Å². The second-order valence-electron chi connectivity index (χ2n) is 3.24. The number of rotatable bonds is 0. The van der Waals surface area contributed by atoms with E-state index in [1.54, 1.807) is 0 Å². The maximum absolute atomic E-state index is 2.38. The first-order valence-corrected chi connectivity index (χ1v) is 5.80. The SMILES string of the molecule is CC.CC.C[C@@H]1CCCC[C@@H]1C. The molecule has 0 aliphatic heterocycles. The third kappa shape index (κ3) is 6.69. The second kappa shape index (κ2) is 11.0. The summed E-state index contributed by atoms with van der Waals surface area (Å²) in [7, 11) is 0. The summed E-state index contributed by atoms with van der Waals surface area (Å²) in [5.74, 6) is 2.01. The van der Waals surface area contributed by atoms with Crippen molar-refractivity contribution in [2.24, 2.45) is 11.8 Å². The number of hydrogen-bond acceptors (Lipinski definition) is 0. The van der Waals surface area contributed by atoms with Crippen LogP contribution in [0.15, 0.2) is 0 Å². The third-order valence-corrected chi connectivity index (χ3v) is 2.54. The lowest BCUT2D eigenvalue weighted by atomic mass is 9.82. The molecular weight excluding hydrogens is 144 g/mol. The Morgan fingerprint density at radius 2 is 0.917 bits per heavy atom. The van der Waals surface area contributed by atoms with Crippen LogP contribution in [0.5, 0.6) is 0 Å². The van der Waals surface area contributed by atoms with E-state index in [9.17, 15) is 0 Å². The van der Waals surface area contributed by atoms with E-state index >= 15 is 0 Å². The van der Waals surface area contributed by atoms with Gasteiger partial charge in [-0.3, -0.25) is 0 Å². The van der Waals surface area contributed by atoms with Crippen molar-refractivity contribution in [1.82, 2.24) is 0 Å². The number of hydrogen-bond donors (Lipinski definition) is 0. The van der Waals surface area contributed by atoms with Gasteiger partial charge in [0, 0.05) is 0 Å². The molecule has 1 saturated carbocycles. The highest BCUT2D eigenvalue weighted by molar-refractivity contribution is 4.67. The molecule has 0 aromatic heterocycles. The molecule has 12 heavy (non-hydrogen) atoms. The quantitative estimate of drug-likeness (QED) is 0.488. The zero-order valence-corrected chi connectivity index (χ0v) is 9.98. The van der Waals surface area contributed by atoms with E-state index in [0.717, 1.165) is 11.8 Å². The van der Waals surface area contributed by atoms with Crippen LogP contribution in [0, 0.1) is 11.8 Å². The molecule has 0 unspecified atom stereocenters. The first-order valence-electron chi connectivity index (χ1n) is 5.80. The summed E-state index contributed by atoms with van der Waals surface area (Å²) in [6, 6.07) is 0. The van der Waals surface area contributed by atoms with Crippen LogP contribution < -0.4 is 0 Å². The molecule has 2 atom stereocenters. The molecule has 0 aromatic rings. The molecular formula is C12H28. The topological polar surface area (TPSA) is 0 Å². The minimum atomic E-state index is 1.00. The van der Waals surface area contributed by atoms with Gasteiger partial charge in [0.2, 0.25) is 0 Å². The lowest BCUT2D eigenvalue weighted by Crippen LogP contribution is -2.12. The van der Waals surface area contributed by atoms with Crippen LogP contribution in [0.4, 0.5) is 0 Å². The van der Waals surface area contributed by atoms with Crippen LogP contribution in [0.2, 0.25) is 0 Å². The summed E-state index contributed by atoms with van der Waals surface area (Å²) in [5.41, 5.74) is 0. The minimum Gasteiger partial charge on any atom is -0.0683 e. The summed E-state index contributed by atoms with van der Waals surface area (Å²) < 4.78 is 0. The summed E-state index contributed by atoms with van der Waals surface area (Å²) in [5, 5.41) is 0. The minimum absolute atomic E-state index is 1.00. The van der Waals surface area contributed by atoms with E-state index in [2.05, 4.69) is 13.8 Å². The molecule has 1 aliphatic carbocycles. The molecule has 0 bridgehead atoms. The summed E-state index contributed by atoms with van der Waals surface area (Å²) in [6.45, 7) is 12.8. The molecule has 0 heterocycles. The average Bonchev–Trinajstić information content (AvgIpc) is 2.17. The molecule has 0 aromatic carbocycles. The first kappa shape index (κ1) is 14.5. The molecule has 0 nitrogen and oxygen atoms in total. The Morgan fingerprint density at radius 1 is 0.667 bits per heavy atom. The van der Waals surface area contributed by atoms with Crippen LogP contribution in [-0.4, -0.2) is 0 Å². The summed E-state index contributed by atoms with van der Waals surface area (Å²) in [4.78, 5) is 0. The van der Waals surface area contributed by atoms with Gasteiger partial charge < -0.3 is 0 Å². The van der Waals surface area contributed by atoms with Gasteiger partial charge in [0.05, 0.1) is 0 Å². The molecule has 0 spiro atoms. The molecule has 0 heteroatoms. The molecule has 1 rings (SSSR count). The van der Waals surface area contributed by atoms with Gasteiger partial charge in [-0.15, -0.1) is 0 Å². The fraction of sp³-hybridized carbons (Fsp3) is 1.00. The van der Waals surface area contributed by atoms with Crippen molar-refractivity contribution in [3.05, 3.63) is 0 Å². The first-order chi connectivity index (χ1) is 5.80. The highest BCUT2D eigenvalue weighted by Gasteiger charge is 2.15. The van der Waals surface area contributed by atoms with E-state index in [4.69, 9.17) is 0 Å². The maximum atomic E-state index is 2.38. The van der Waals surface area contributed by atoms with Crippen molar-refractivity contribution in [3.63, 3.8) is 0 Å². The summed E-state index contributed by atoms with van der Waals surface area (Å²) in [6.07, 6.45) is 5.90. The van der Waals surface area contributed by atoms with Crippen LogP contribution >= 0.6 is 0 Å². The zero-order chi connectivity index (χ0) is 9.98. The lowest BCUT2D eigenvalue weighted by Gasteiger charge is -2.24. The van der Waals surface area contributed by atoms with Crippen LogP contribution in [0.3, 0.4) is 0 Å². The highest BCUT2D eigenvalue weighted by atomic mass is 14.2. The monoisotopic (exact) mass is 172 g/mol. The van der Waals surface area contributed by atoms with E-state index in [1.165, 1.54) is 25.7 Å². The van der Waals surface area contributed by atoms with Crippen molar-refractivity contribution in [1.29, 1.82) is 0 Å². The largest absolute Gasteiger partial charge is 0.0683 e. The summed E-state index contributed by atoms with van der Waals surface area (Å²) >= 11 is 0. The van der Waals surface area contributed by atoms with Gasteiger partial charge in [-0.1, -0.05) is 67.2 Å². The van der Waals surface area contributed by atoms with Gasteiger partial charge >= 0.3 is 0 Å². The molecule has 0 amide bonds. The standard InChI is InChI=1S/C8H16.2C2H6/c1-7-5-3-4-6-8(7)2;2*1-2/h7-8H,3-6H2,1-2H3;2*1-2H3/t7-,8+;;. The Labute approximate surface area is 79.8 Å². The second-order valence-corrected chi connectivity index (χ2v) is 3.24. The van der Waals surface area contributed by atoms with Gasteiger partial charge in [0.1, 0.15) is 0 Å². The van der Waals surface area contributed by atoms with E-state index in [1.807, 2.05) is 27.7 Å². The molecule has 0 saturated heterocycles. The lowest BCUT2D eigenvalue weighted by molar-refractivity contribution is 0.277. The Kier molecular flexibility index (Phi) is 13.3. The normalized spacial score (nSPS) is 27.5. The highest BCUT2D eigenvalue weighted by Crippen LogP contribution is 2.28. The van der Waals surface area contributed by atoms with Gasteiger partial charge in [-0.25, -0.2) is 0 Å². The van der Waals surface area contributed by atoms with Gasteiger partial charge in [-0.2, -0.15) is 0 Å². The fourth-order valence-electron chi connectivity index (χ4n) is 1.50. The predicted octanol–water partition coefficient (Wildman–Crippen LogP) is 4.89. The predicted molar refractivity (Wildman–Crippen MR) is 59.5 cm³/mol. The van der Waals surface area contributed by atoms with Crippen molar-refractivity contribution >= 4 is 0 Å². The van der Waals surface area contributed by atoms with Crippen molar-refractivity contribution in [2.45, 2.75) is 67.2 Å². The molecule has 1 fully saturated rings. The maximum Gasteiger partial charge on any atom is -0.0417 e. The molecule has 0 N–H and O–H groups in total. The molecule has 76 valence electrons. The van der Waals surface area contributed by atoms with Crippen molar-refractivity contribution < 1.29 is 0 Å².